The lowest BCUT2D eigenvalue weighted by Crippen LogP contribution is -2.37. The van der Waals surface area contributed by atoms with E-state index in [4.69, 9.17) is 23.3 Å². The van der Waals surface area contributed by atoms with Gasteiger partial charge in [0.2, 0.25) is 5.91 Å². The molecule has 0 saturated heterocycles. The van der Waals surface area contributed by atoms with Crippen molar-refractivity contribution in [3.05, 3.63) is 42.0 Å². The van der Waals surface area contributed by atoms with E-state index >= 15 is 0 Å². The largest absolute Gasteiger partial charge is 0.756 e. The molecule has 1 amide bonds. The van der Waals surface area contributed by atoms with E-state index < -0.39 is 38.4 Å². The Kier molecular flexibility index (Phi) is 24.2. The summed E-state index contributed by atoms with van der Waals surface area (Å²) in [5.74, 6) is -1.17. The third-order valence-corrected chi connectivity index (χ3v) is 10.7. The van der Waals surface area contributed by atoms with Crippen LogP contribution in [0, 0.1) is 0 Å². The first-order valence-electron chi connectivity index (χ1n) is 20.8. The number of carbonyl (C=O) groups excluding carboxylic acids is 3. The average molecular weight is 807 g/mol. The topological polar surface area (TPSA) is 150 Å². The minimum absolute atomic E-state index is 0.00639. The number of rotatable bonds is 32. The van der Waals surface area contributed by atoms with Crippen molar-refractivity contribution in [2.24, 2.45) is 0 Å². The van der Waals surface area contributed by atoms with Gasteiger partial charge in [0, 0.05) is 13.0 Å². The number of phosphoric acid groups is 1. The van der Waals surface area contributed by atoms with Crippen LogP contribution in [0.3, 0.4) is 0 Å². The van der Waals surface area contributed by atoms with Crippen molar-refractivity contribution in [1.82, 2.24) is 5.32 Å². The van der Waals surface area contributed by atoms with E-state index in [0.29, 0.717) is 17.4 Å². The molecular formula is C43H71N2O10P. The number of phosphoric ester groups is 1. The van der Waals surface area contributed by atoms with E-state index in [-0.39, 0.29) is 38.5 Å². The number of ether oxygens (including phenoxy) is 3. The predicted molar refractivity (Wildman–Crippen MR) is 219 cm³/mol. The van der Waals surface area contributed by atoms with E-state index in [9.17, 15) is 23.8 Å². The summed E-state index contributed by atoms with van der Waals surface area (Å²) in [5.41, 5.74) is 0.817. The van der Waals surface area contributed by atoms with Crippen molar-refractivity contribution in [3.63, 3.8) is 0 Å². The molecule has 1 N–H and O–H groups in total. The Morgan fingerprint density at radius 3 is 1.91 bits per heavy atom. The summed E-state index contributed by atoms with van der Waals surface area (Å²) in [6.07, 6.45) is 17.1. The van der Waals surface area contributed by atoms with Crippen molar-refractivity contribution in [2.45, 2.75) is 135 Å². The lowest BCUT2D eigenvalue weighted by atomic mass is 9.97. The molecule has 2 aromatic rings. The number of fused-ring (bicyclic) bond motifs is 1. The molecular weight excluding hydrogens is 735 g/mol. The molecule has 0 fully saturated rings. The number of quaternary nitrogens is 1. The lowest BCUT2D eigenvalue weighted by Gasteiger charge is -2.28. The normalized spacial score (nSPS) is 13.8. The summed E-state index contributed by atoms with van der Waals surface area (Å²) in [7, 11) is 2.58. The van der Waals surface area contributed by atoms with Gasteiger partial charge in [-0.05, 0) is 41.8 Å². The monoisotopic (exact) mass is 806 g/mol. The van der Waals surface area contributed by atoms with Crippen LogP contribution in [0.2, 0.25) is 0 Å². The van der Waals surface area contributed by atoms with E-state index in [1.54, 1.807) is 14.0 Å². The minimum Gasteiger partial charge on any atom is -0.756 e. The van der Waals surface area contributed by atoms with Crippen LogP contribution in [0.5, 0.6) is 5.75 Å². The average Bonchev–Trinajstić information content (AvgIpc) is 3.15. The summed E-state index contributed by atoms with van der Waals surface area (Å²) < 4.78 is 39.0. The highest BCUT2D eigenvalue weighted by molar-refractivity contribution is 7.45. The van der Waals surface area contributed by atoms with Gasteiger partial charge in [0.15, 0.2) is 6.10 Å². The van der Waals surface area contributed by atoms with Crippen molar-refractivity contribution in [1.29, 1.82) is 0 Å². The van der Waals surface area contributed by atoms with Crippen LogP contribution >= 0.6 is 7.82 Å². The molecule has 0 radical (unpaired) electrons. The fourth-order valence-corrected chi connectivity index (χ4v) is 6.86. The smallest absolute Gasteiger partial charge is 0.308 e. The fourth-order valence-electron chi connectivity index (χ4n) is 6.13. The first-order valence-corrected chi connectivity index (χ1v) is 22.3. The second kappa shape index (κ2) is 27.6. The van der Waals surface area contributed by atoms with Gasteiger partial charge in [-0.15, -0.1) is 0 Å². The van der Waals surface area contributed by atoms with Crippen LogP contribution in [-0.2, 0) is 37.5 Å². The van der Waals surface area contributed by atoms with Gasteiger partial charge in [-0.3, -0.25) is 18.9 Å². The zero-order chi connectivity index (χ0) is 41.2. The Morgan fingerprint density at radius 1 is 0.750 bits per heavy atom. The highest BCUT2D eigenvalue weighted by Gasteiger charge is 2.22. The van der Waals surface area contributed by atoms with Gasteiger partial charge in [0.25, 0.3) is 7.82 Å². The zero-order valence-electron chi connectivity index (χ0n) is 35.2. The van der Waals surface area contributed by atoms with Crippen molar-refractivity contribution < 1.29 is 51.6 Å². The van der Waals surface area contributed by atoms with Gasteiger partial charge in [-0.1, -0.05) is 121 Å². The Hall–Kier alpha value is -3.02. The van der Waals surface area contributed by atoms with Crippen LogP contribution in [0.15, 0.2) is 36.4 Å². The van der Waals surface area contributed by atoms with Gasteiger partial charge >= 0.3 is 11.9 Å². The second-order valence-electron chi connectivity index (χ2n) is 15.8. The summed E-state index contributed by atoms with van der Waals surface area (Å²) in [4.78, 5) is 50.7. The number of methoxy groups -OCH3 is 1. The molecule has 0 aliphatic carbocycles. The van der Waals surface area contributed by atoms with E-state index in [2.05, 4.69) is 12.2 Å². The molecule has 0 aliphatic rings. The molecule has 0 aromatic heterocycles. The molecule has 2 aromatic carbocycles. The Bertz CT molecular complexity index is 1480. The third kappa shape index (κ3) is 22.7. The van der Waals surface area contributed by atoms with Crippen LogP contribution in [0.1, 0.15) is 134 Å². The molecule has 0 saturated carbocycles. The highest BCUT2D eigenvalue weighted by Crippen LogP contribution is 2.38. The molecule has 13 heteroatoms. The summed E-state index contributed by atoms with van der Waals surface area (Å²) in [6.45, 7) is 3.40. The first kappa shape index (κ1) is 49.1. The maximum absolute atomic E-state index is 12.9. The van der Waals surface area contributed by atoms with Crippen molar-refractivity contribution in [2.75, 3.05) is 61.2 Å². The molecule has 12 nitrogen and oxygen atoms in total. The number of esters is 2. The minimum atomic E-state index is -4.72. The molecule has 0 heterocycles. The Labute approximate surface area is 336 Å². The SMILES string of the molecule is CCCCCCCCCCCCCCCCCC(=O)OC[C@H](COP(=O)([O-])OCC[N+](C)(C)C)OC(=O)CCNC(=O)[C@@H](C)c1ccc2cc(OC)ccc2c1. The van der Waals surface area contributed by atoms with Gasteiger partial charge in [-0.2, -0.15) is 0 Å². The number of hydrogen-bond acceptors (Lipinski definition) is 10. The number of hydrogen-bond donors (Lipinski definition) is 1. The Morgan fingerprint density at radius 2 is 1.32 bits per heavy atom. The van der Waals surface area contributed by atoms with Gasteiger partial charge in [0.05, 0.1) is 47.2 Å². The maximum atomic E-state index is 12.9. The summed E-state index contributed by atoms with van der Waals surface area (Å²) in [5, 5.41) is 4.72. The number of benzene rings is 2. The van der Waals surface area contributed by atoms with Crippen LogP contribution < -0.4 is 14.9 Å². The summed E-state index contributed by atoms with van der Waals surface area (Å²) >= 11 is 0. The van der Waals surface area contributed by atoms with E-state index in [1.807, 2.05) is 57.5 Å². The third-order valence-electron chi connectivity index (χ3n) is 9.74. The predicted octanol–water partition coefficient (Wildman–Crippen LogP) is 8.38. The number of nitrogens with one attached hydrogen (secondary N) is 1. The van der Waals surface area contributed by atoms with Crippen LogP contribution in [-0.4, -0.2) is 89.6 Å². The molecule has 318 valence electrons. The number of unbranched alkanes of at least 4 members (excludes halogenated alkanes) is 14. The molecule has 0 bridgehead atoms. The van der Waals surface area contributed by atoms with Gasteiger partial charge in [0.1, 0.15) is 25.5 Å². The second-order valence-corrected chi connectivity index (χ2v) is 17.2. The maximum Gasteiger partial charge on any atom is 0.308 e. The number of carbonyl (C=O) groups is 3. The van der Waals surface area contributed by atoms with Gasteiger partial charge in [-0.25, -0.2) is 0 Å². The molecule has 0 spiro atoms. The Balaban J connectivity index is 1.75. The first-order chi connectivity index (χ1) is 26.7. The van der Waals surface area contributed by atoms with Crippen LogP contribution in [0.25, 0.3) is 10.8 Å². The van der Waals surface area contributed by atoms with Gasteiger partial charge < -0.3 is 38.0 Å². The standard InChI is InChI=1S/C43H71N2O10P/c1-7-8-9-10-11-12-13-14-15-16-17-18-19-20-21-22-41(46)52-33-40(34-54-56(49,50)53-30-29-45(3,4)5)55-42(47)27-28-44-43(48)35(2)36-23-24-38-32-39(51-6)26-25-37(38)31-36/h23-26,31-32,35,40H,7-22,27-30,33-34H2,1-6H3,(H-,44,48,49,50)/t35-,40+/m0/s1. The van der Waals surface area contributed by atoms with Crippen molar-refractivity contribution >= 4 is 36.4 Å². The molecule has 0 aliphatic heterocycles. The van der Waals surface area contributed by atoms with E-state index in [0.717, 1.165) is 41.3 Å². The van der Waals surface area contributed by atoms with E-state index in [1.165, 1.54) is 70.6 Å². The summed E-state index contributed by atoms with van der Waals surface area (Å²) in [6, 6.07) is 11.5. The number of amides is 1. The zero-order valence-corrected chi connectivity index (χ0v) is 36.0. The number of nitrogens with zero attached hydrogens (tertiary/aromatic N) is 1. The fraction of sp³-hybridized carbons (Fsp3) is 0.698. The molecule has 2 rings (SSSR count). The molecule has 3 atom stereocenters. The van der Waals surface area contributed by atoms with Crippen molar-refractivity contribution in [3.8, 4) is 5.75 Å². The lowest BCUT2D eigenvalue weighted by molar-refractivity contribution is -0.870. The quantitative estimate of drug-likeness (QED) is 0.0331. The molecule has 1 unspecified atom stereocenters. The highest BCUT2D eigenvalue weighted by atomic mass is 31.2. The number of likely N-dealkylation sites (N-methyl/N-ethyl adjacent to an activating group) is 1. The molecule has 56 heavy (non-hydrogen) atoms. The van der Waals surface area contributed by atoms with Crippen LogP contribution in [0.4, 0.5) is 0 Å².